The van der Waals surface area contributed by atoms with Gasteiger partial charge in [-0.2, -0.15) is 0 Å². The number of piperazine rings is 1. The lowest BCUT2D eigenvalue weighted by Gasteiger charge is -2.43. The lowest BCUT2D eigenvalue weighted by molar-refractivity contribution is 0.0185. The molecule has 2 aliphatic rings. The third-order valence-corrected chi connectivity index (χ3v) is 4.35. The third kappa shape index (κ3) is 3.69. The fourth-order valence-electron chi connectivity index (χ4n) is 3.31. The van der Waals surface area contributed by atoms with Crippen LogP contribution < -0.4 is 0 Å². The number of hydrogen-bond donors (Lipinski definition) is 0. The van der Waals surface area contributed by atoms with Gasteiger partial charge in [0.05, 0.1) is 6.61 Å². The Kier molecular flexibility index (Phi) is 5.46. The summed E-state index contributed by atoms with van der Waals surface area (Å²) in [6.45, 7) is 13.6. The Hall–Kier alpha value is -0.120. The Bertz CT molecular complexity index is 245. The van der Waals surface area contributed by atoms with Crippen LogP contribution in [0.2, 0.25) is 0 Å². The van der Waals surface area contributed by atoms with E-state index in [0.29, 0.717) is 5.92 Å². The zero-order valence-corrected chi connectivity index (χ0v) is 12.4. The zero-order chi connectivity index (χ0) is 13.0. The molecule has 2 unspecified atom stereocenters. The van der Waals surface area contributed by atoms with Crippen molar-refractivity contribution >= 4 is 0 Å². The van der Waals surface area contributed by atoms with Gasteiger partial charge in [-0.3, -0.25) is 9.80 Å². The Labute approximate surface area is 112 Å². The first-order valence-electron chi connectivity index (χ1n) is 7.76. The molecule has 2 heterocycles. The number of rotatable bonds is 6. The Morgan fingerprint density at radius 1 is 1.28 bits per heavy atom. The molecule has 0 radical (unpaired) electrons. The van der Waals surface area contributed by atoms with E-state index in [9.17, 15) is 0 Å². The monoisotopic (exact) mass is 254 g/mol. The summed E-state index contributed by atoms with van der Waals surface area (Å²) in [4.78, 5) is 5.38. The Morgan fingerprint density at radius 3 is 2.83 bits per heavy atom. The van der Waals surface area contributed by atoms with Crippen molar-refractivity contribution in [2.24, 2.45) is 5.92 Å². The average Bonchev–Trinajstić information content (AvgIpc) is 2.80. The zero-order valence-electron chi connectivity index (χ0n) is 12.4. The van der Waals surface area contributed by atoms with E-state index < -0.39 is 0 Å². The highest BCUT2D eigenvalue weighted by Crippen LogP contribution is 2.25. The topological polar surface area (TPSA) is 15.7 Å². The van der Waals surface area contributed by atoms with Crippen LogP contribution in [0.4, 0.5) is 0 Å². The SMILES string of the molecule is CCC1CN2CCCC2CN1CCOCC(C)C. The minimum Gasteiger partial charge on any atom is -0.380 e. The highest BCUT2D eigenvalue weighted by molar-refractivity contribution is 4.91. The van der Waals surface area contributed by atoms with Crippen molar-refractivity contribution in [1.29, 1.82) is 0 Å². The van der Waals surface area contributed by atoms with Crippen LogP contribution in [0.3, 0.4) is 0 Å². The molecule has 0 aromatic heterocycles. The number of hydrogen-bond acceptors (Lipinski definition) is 3. The Balaban J connectivity index is 1.75. The van der Waals surface area contributed by atoms with Crippen LogP contribution in [0.15, 0.2) is 0 Å². The van der Waals surface area contributed by atoms with Gasteiger partial charge < -0.3 is 4.74 Å². The predicted octanol–water partition coefficient (Wildman–Crippen LogP) is 2.22. The number of fused-ring (bicyclic) bond motifs is 1. The molecule has 2 aliphatic heterocycles. The van der Waals surface area contributed by atoms with Crippen LogP contribution >= 0.6 is 0 Å². The van der Waals surface area contributed by atoms with Crippen molar-refractivity contribution < 1.29 is 4.74 Å². The highest BCUT2D eigenvalue weighted by Gasteiger charge is 2.34. The summed E-state index contributed by atoms with van der Waals surface area (Å²) in [5.74, 6) is 0.652. The quantitative estimate of drug-likeness (QED) is 0.676. The van der Waals surface area contributed by atoms with Crippen LogP contribution in [0.25, 0.3) is 0 Å². The van der Waals surface area contributed by atoms with Gasteiger partial charge in [0.15, 0.2) is 0 Å². The molecule has 106 valence electrons. The second kappa shape index (κ2) is 6.88. The van der Waals surface area contributed by atoms with Gasteiger partial charge in [0.2, 0.25) is 0 Å². The van der Waals surface area contributed by atoms with Gasteiger partial charge in [0, 0.05) is 38.3 Å². The number of nitrogens with zero attached hydrogens (tertiary/aromatic N) is 2. The summed E-state index contributed by atoms with van der Waals surface area (Å²) < 4.78 is 5.75. The van der Waals surface area contributed by atoms with E-state index in [1.807, 2.05) is 0 Å². The van der Waals surface area contributed by atoms with Crippen molar-refractivity contribution in [3.63, 3.8) is 0 Å². The largest absolute Gasteiger partial charge is 0.380 e. The van der Waals surface area contributed by atoms with Crippen LogP contribution in [-0.4, -0.2) is 61.3 Å². The fourth-order valence-corrected chi connectivity index (χ4v) is 3.31. The minimum absolute atomic E-state index is 0.652. The molecule has 2 rings (SSSR count). The number of ether oxygens (including phenoxy) is 1. The highest BCUT2D eigenvalue weighted by atomic mass is 16.5. The van der Waals surface area contributed by atoms with Crippen molar-refractivity contribution in [2.75, 3.05) is 39.4 Å². The standard InChI is InChI=1S/C15H30N2O/c1-4-14-10-16-7-5-6-15(16)11-17(14)8-9-18-12-13(2)3/h13-15H,4-12H2,1-3H3. The van der Waals surface area contributed by atoms with Gasteiger partial charge in [-0.25, -0.2) is 0 Å². The van der Waals surface area contributed by atoms with Gasteiger partial charge in [0.25, 0.3) is 0 Å². The van der Waals surface area contributed by atoms with Crippen molar-refractivity contribution in [2.45, 2.75) is 52.1 Å². The molecule has 0 aromatic carbocycles. The van der Waals surface area contributed by atoms with Gasteiger partial charge in [0.1, 0.15) is 0 Å². The van der Waals surface area contributed by atoms with E-state index in [4.69, 9.17) is 4.74 Å². The van der Waals surface area contributed by atoms with Crippen LogP contribution in [-0.2, 0) is 4.74 Å². The lowest BCUT2D eigenvalue weighted by atomic mass is 10.1. The van der Waals surface area contributed by atoms with E-state index in [0.717, 1.165) is 31.8 Å². The summed E-state index contributed by atoms with van der Waals surface area (Å²) in [7, 11) is 0. The molecule has 3 nitrogen and oxygen atoms in total. The van der Waals surface area contributed by atoms with Gasteiger partial charge in [-0.15, -0.1) is 0 Å². The van der Waals surface area contributed by atoms with E-state index in [-0.39, 0.29) is 0 Å². The molecule has 0 saturated carbocycles. The molecular formula is C15H30N2O. The van der Waals surface area contributed by atoms with E-state index in [2.05, 4.69) is 30.6 Å². The normalized spacial score (nSPS) is 30.0. The third-order valence-electron chi connectivity index (χ3n) is 4.35. The van der Waals surface area contributed by atoms with Crippen LogP contribution in [0, 0.1) is 5.92 Å². The Morgan fingerprint density at radius 2 is 2.11 bits per heavy atom. The molecule has 0 aromatic rings. The summed E-state index contributed by atoms with van der Waals surface area (Å²) in [6.07, 6.45) is 4.08. The molecule has 0 aliphatic carbocycles. The summed E-state index contributed by atoms with van der Waals surface area (Å²) >= 11 is 0. The van der Waals surface area contributed by atoms with E-state index >= 15 is 0 Å². The molecule has 0 N–H and O–H groups in total. The lowest BCUT2D eigenvalue weighted by Crippen LogP contribution is -2.56. The summed E-state index contributed by atoms with van der Waals surface area (Å²) in [5, 5.41) is 0. The predicted molar refractivity (Wildman–Crippen MR) is 75.9 cm³/mol. The van der Waals surface area contributed by atoms with Crippen molar-refractivity contribution in [3.8, 4) is 0 Å². The molecule has 0 bridgehead atoms. The maximum atomic E-state index is 5.75. The molecule has 2 saturated heterocycles. The molecule has 0 spiro atoms. The maximum absolute atomic E-state index is 5.75. The van der Waals surface area contributed by atoms with Gasteiger partial charge >= 0.3 is 0 Å². The average molecular weight is 254 g/mol. The second-order valence-electron chi connectivity index (χ2n) is 6.32. The van der Waals surface area contributed by atoms with Crippen molar-refractivity contribution in [3.05, 3.63) is 0 Å². The smallest absolute Gasteiger partial charge is 0.0593 e. The first-order chi connectivity index (χ1) is 8.70. The summed E-state index contributed by atoms with van der Waals surface area (Å²) in [5.41, 5.74) is 0. The van der Waals surface area contributed by atoms with Crippen LogP contribution in [0.1, 0.15) is 40.0 Å². The molecule has 2 atom stereocenters. The van der Waals surface area contributed by atoms with E-state index in [1.54, 1.807) is 0 Å². The van der Waals surface area contributed by atoms with Gasteiger partial charge in [-0.1, -0.05) is 20.8 Å². The molecular weight excluding hydrogens is 224 g/mol. The molecule has 18 heavy (non-hydrogen) atoms. The van der Waals surface area contributed by atoms with Crippen molar-refractivity contribution in [1.82, 2.24) is 9.80 Å². The maximum Gasteiger partial charge on any atom is 0.0593 e. The molecule has 0 amide bonds. The second-order valence-corrected chi connectivity index (χ2v) is 6.32. The minimum atomic E-state index is 0.652. The first kappa shape index (κ1) is 14.3. The molecule has 3 heteroatoms. The molecule has 2 fully saturated rings. The van der Waals surface area contributed by atoms with Crippen LogP contribution in [0.5, 0.6) is 0 Å². The fraction of sp³-hybridized carbons (Fsp3) is 1.00. The summed E-state index contributed by atoms with van der Waals surface area (Å²) in [6, 6.07) is 1.58. The van der Waals surface area contributed by atoms with Gasteiger partial charge in [-0.05, 0) is 31.7 Å². The van der Waals surface area contributed by atoms with E-state index in [1.165, 1.54) is 38.9 Å². The first-order valence-corrected chi connectivity index (χ1v) is 7.76.